The number of carbonyl (C=O) groups is 1. The van der Waals surface area contributed by atoms with Gasteiger partial charge in [0.2, 0.25) is 5.91 Å². The van der Waals surface area contributed by atoms with Gasteiger partial charge in [-0.25, -0.2) is 0 Å². The molecule has 2 aliphatic heterocycles. The summed E-state index contributed by atoms with van der Waals surface area (Å²) in [6.45, 7) is 7.43. The van der Waals surface area contributed by atoms with E-state index < -0.39 is 0 Å². The third-order valence-corrected chi connectivity index (χ3v) is 3.91. The number of carbonyl (C=O) groups excluding carboxylic acids is 1. The number of nitrogens with one attached hydrogen (secondary N) is 1. The van der Waals surface area contributed by atoms with Gasteiger partial charge in [0.05, 0.1) is 12.5 Å². The molecular formula is C13H24N2O2. The van der Waals surface area contributed by atoms with Crippen LogP contribution in [0, 0.1) is 11.8 Å². The van der Waals surface area contributed by atoms with E-state index in [1.54, 1.807) is 0 Å². The summed E-state index contributed by atoms with van der Waals surface area (Å²) in [4.78, 5) is 14.3. The topological polar surface area (TPSA) is 41.6 Å². The minimum absolute atomic E-state index is 0.122. The van der Waals surface area contributed by atoms with Crippen molar-refractivity contribution in [3.05, 3.63) is 0 Å². The van der Waals surface area contributed by atoms with Gasteiger partial charge in [0.15, 0.2) is 0 Å². The van der Waals surface area contributed by atoms with Gasteiger partial charge in [-0.1, -0.05) is 0 Å². The van der Waals surface area contributed by atoms with E-state index in [2.05, 4.69) is 12.2 Å². The summed E-state index contributed by atoms with van der Waals surface area (Å²) >= 11 is 0. The van der Waals surface area contributed by atoms with E-state index >= 15 is 0 Å². The predicted octanol–water partition coefficient (Wildman–Crippen LogP) is 0.871. The highest BCUT2D eigenvalue weighted by molar-refractivity contribution is 5.79. The van der Waals surface area contributed by atoms with Crippen LogP contribution in [-0.4, -0.2) is 50.2 Å². The molecule has 0 aromatic heterocycles. The molecule has 2 heterocycles. The average molecular weight is 240 g/mol. The van der Waals surface area contributed by atoms with Crippen LogP contribution < -0.4 is 5.32 Å². The molecule has 1 unspecified atom stereocenters. The normalized spacial score (nSPS) is 26.1. The molecule has 1 N–H and O–H groups in total. The van der Waals surface area contributed by atoms with Gasteiger partial charge >= 0.3 is 0 Å². The van der Waals surface area contributed by atoms with Crippen LogP contribution in [0.1, 0.15) is 26.2 Å². The number of rotatable bonds is 4. The maximum absolute atomic E-state index is 12.3. The molecule has 0 radical (unpaired) electrons. The third-order valence-electron chi connectivity index (χ3n) is 3.91. The van der Waals surface area contributed by atoms with Crippen molar-refractivity contribution in [2.24, 2.45) is 11.8 Å². The number of hydrogen-bond donors (Lipinski definition) is 1. The number of piperidine rings is 1. The summed E-state index contributed by atoms with van der Waals surface area (Å²) in [6.07, 6.45) is 3.30. The van der Waals surface area contributed by atoms with Crippen molar-refractivity contribution in [2.75, 3.05) is 39.4 Å². The number of nitrogens with zero attached hydrogens (tertiary/aromatic N) is 1. The summed E-state index contributed by atoms with van der Waals surface area (Å²) < 4.78 is 5.31. The number of ether oxygens (including phenoxy) is 1. The van der Waals surface area contributed by atoms with Gasteiger partial charge in [-0.15, -0.1) is 0 Å². The molecule has 2 aliphatic rings. The van der Waals surface area contributed by atoms with Gasteiger partial charge in [-0.2, -0.15) is 0 Å². The number of hydrogen-bond acceptors (Lipinski definition) is 3. The Bertz CT molecular complexity index is 246. The fourth-order valence-corrected chi connectivity index (χ4v) is 2.74. The average Bonchev–Trinajstić information content (AvgIpc) is 2.90. The highest BCUT2D eigenvalue weighted by atomic mass is 16.5. The molecule has 17 heavy (non-hydrogen) atoms. The SMILES string of the molecule is CCN(CC1CCNCC1)C(=O)C1CCOC1. The van der Waals surface area contributed by atoms with Crippen LogP contribution in [0.2, 0.25) is 0 Å². The Balaban J connectivity index is 1.83. The fourth-order valence-electron chi connectivity index (χ4n) is 2.74. The Kier molecular flexibility index (Phi) is 4.80. The molecule has 0 bridgehead atoms. The Morgan fingerprint density at radius 1 is 1.35 bits per heavy atom. The van der Waals surface area contributed by atoms with E-state index in [4.69, 9.17) is 4.74 Å². The first kappa shape index (κ1) is 12.8. The van der Waals surface area contributed by atoms with Gasteiger partial charge < -0.3 is 15.0 Å². The molecule has 2 rings (SSSR count). The van der Waals surface area contributed by atoms with Crippen molar-refractivity contribution in [1.29, 1.82) is 0 Å². The predicted molar refractivity (Wildman–Crippen MR) is 66.8 cm³/mol. The van der Waals surface area contributed by atoms with Crippen LogP contribution in [0.15, 0.2) is 0 Å². The molecule has 1 amide bonds. The summed E-state index contributed by atoms with van der Waals surface area (Å²) in [5, 5.41) is 3.37. The molecule has 0 saturated carbocycles. The largest absolute Gasteiger partial charge is 0.381 e. The summed E-state index contributed by atoms with van der Waals surface area (Å²) in [5.41, 5.74) is 0. The lowest BCUT2D eigenvalue weighted by molar-refractivity contribution is -0.136. The summed E-state index contributed by atoms with van der Waals surface area (Å²) in [5.74, 6) is 1.11. The highest BCUT2D eigenvalue weighted by Gasteiger charge is 2.28. The van der Waals surface area contributed by atoms with E-state index in [0.717, 1.165) is 39.2 Å². The lowest BCUT2D eigenvalue weighted by Gasteiger charge is -2.30. The van der Waals surface area contributed by atoms with E-state index in [1.165, 1.54) is 12.8 Å². The number of amides is 1. The van der Waals surface area contributed by atoms with Crippen LogP contribution in [0.25, 0.3) is 0 Å². The maximum atomic E-state index is 12.3. The van der Waals surface area contributed by atoms with Crippen molar-refractivity contribution in [3.8, 4) is 0 Å². The second-order valence-corrected chi connectivity index (χ2v) is 5.13. The molecule has 98 valence electrons. The zero-order valence-corrected chi connectivity index (χ0v) is 10.8. The van der Waals surface area contributed by atoms with E-state index in [0.29, 0.717) is 18.4 Å². The molecule has 0 aromatic rings. The lowest BCUT2D eigenvalue weighted by atomic mass is 9.96. The second-order valence-electron chi connectivity index (χ2n) is 5.13. The van der Waals surface area contributed by atoms with E-state index in [1.807, 2.05) is 4.90 Å². The zero-order valence-electron chi connectivity index (χ0n) is 10.8. The van der Waals surface area contributed by atoms with Crippen LogP contribution in [0.5, 0.6) is 0 Å². The maximum Gasteiger partial charge on any atom is 0.228 e. The molecule has 0 spiro atoms. The lowest BCUT2D eigenvalue weighted by Crippen LogP contribution is -2.42. The van der Waals surface area contributed by atoms with Gasteiger partial charge in [0, 0.05) is 19.7 Å². The molecule has 2 saturated heterocycles. The Hall–Kier alpha value is -0.610. The van der Waals surface area contributed by atoms with Crippen molar-refractivity contribution in [3.63, 3.8) is 0 Å². The molecule has 0 aliphatic carbocycles. The summed E-state index contributed by atoms with van der Waals surface area (Å²) in [6, 6.07) is 0. The van der Waals surface area contributed by atoms with Crippen molar-refractivity contribution in [2.45, 2.75) is 26.2 Å². The summed E-state index contributed by atoms with van der Waals surface area (Å²) in [7, 11) is 0. The van der Waals surface area contributed by atoms with E-state index in [9.17, 15) is 4.79 Å². The quantitative estimate of drug-likeness (QED) is 0.793. The van der Waals surface area contributed by atoms with Gasteiger partial charge in [0.25, 0.3) is 0 Å². The van der Waals surface area contributed by atoms with Gasteiger partial charge in [-0.05, 0) is 45.2 Å². The highest BCUT2D eigenvalue weighted by Crippen LogP contribution is 2.19. The van der Waals surface area contributed by atoms with Crippen molar-refractivity contribution < 1.29 is 9.53 Å². The Morgan fingerprint density at radius 3 is 2.71 bits per heavy atom. The van der Waals surface area contributed by atoms with E-state index in [-0.39, 0.29) is 5.92 Å². The molecule has 4 nitrogen and oxygen atoms in total. The second kappa shape index (κ2) is 6.36. The molecule has 1 atom stereocenters. The van der Waals surface area contributed by atoms with Crippen molar-refractivity contribution in [1.82, 2.24) is 10.2 Å². The first-order valence-electron chi connectivity index (χ1n) is 6.88. The molecule has 2 fully saturated rings. The third kappa shape index (κ3) is 3.42. The zero-order chi connectivity index (χ0) is 12.1. The Labute approximate surface area is 104 Å². The smallest absolute Gasteiger partial charge is 0.228 e. The molecule has 4 heteroatoms. The standard InChI is InChI=1S/C13H24N2O2/c1-2-15(9-11-3-6-14-7-4-11)13(16)12-5-8-17-10-12/h11-12,14H,2-10H2,1H3. The Morgan fingerprint density at radius 2 is 2.12 bits per heavy atom. The van der Waals surface area contributed by atoms with Crippen LogP contribution in [0.3, 0.4) is 0 Å². The minimum atomic E-state index is 0.122. The van der Waals surface area contributed by atoms with Crippen LogP contribution >= 0.6 is 0 Å². The van der Waals surface area contributed by atoms with Crippen LogP contribution in [-0.2, 0) is 9.53 Å². The fraction of sp³-hybridized carbons (Fsp3) is 0.923. The van der Waals surface area contributed by atoms with Crippen LogP contribution in [0.4, 0.5) is 0 Å². The first-order valence-corrected chi connectivity index (χ1v) is 6.88. The molecular weight excluding hydrogens is 216 g/mol. The first-order chi connectivity index (χ1) is 8.31. The minimum Gasteiger partial charge on any atom is -0.381 e. The van der Waals surface area contributed by atoms with Gasteiger partial charge in [0.1, 0.15) is 0 Å². The monoisotopic (exact) mass is 240 g/mol. The van der Waals surface area contributed by atoms with Crippen molar-refractivity contribution >= 4 is 5.91 Å². The molecule has 0 aromatic carbocycles. The van der Waals surface area contributed by atoms with Gasteiger partial charge in [-0.3, -0.25) is 4.79 Å².